The van der Waals surface area contributed by atoms with E-state index in [-0.39, 0.29) is 11.5 Å². The van der Waals surface area contributed by atoms with Gasteiger partial charge in [-0.05, 0) is 37.5 Å². The molecular formula is C21H22N4O2. The summed E-state index contributed by atoms with van der Waals surface area (Å²) in [6, 6.07) is 11.7. The van der Waals surface area contributed by atoms with Gasteiger partial charge in [-0.25, -0.2) is 9.78 Å². The fourth-order valence-corrected chi connectivity index (χ4v) is 3.79. The first-order valence-electron chi connectivity index (χ1n) is 9.17. The van der Waals surface area contributed by atoms with Crippen LogP contribution in [0.25, 0.3) is 11.1 Å². The van der Waals surface area contributed by atoms with Gasteiger partial charge < -0.3 is 10.0 Å². The number of anilines is 1. The maximum absolute atomic E-state index is 11.6. The summed E-state index contributed by atoms with van der Waals surface area (Å²) in [5.74, 6) is -0.144. The summed E-state index contributed by atoms with van der Waals surface area (Å²) in [5, 5.41) is 16.9. The Labute approximate surface area is 157 Å². The zero-order valence-electron chi connectivity index (χ0n) is 15.2. The predicted octanol–water partition coefficient (Wildman–Crippen LogP) is 3.86. The maximum atomic E-state index is 11.6. The molecule has 0 amide bonds. The molecule has 2 N–H and O–H groups in total. The SMILES string of the molecule is Cc1ccc(-c2cn[nH]c2[C@@H]2CCCN(c3ncccc3C(=O)O)C2)cc1. The third-order valence-electron chi connectivity index (χ3n) is 5.18. The second-order valence-electron chi connectivity index (χ2n) is 7.03. The number of aromatic nitrogens is 3. The van der Waals surface area contributed by atoms with Crippen LogP contribution in [0.1, 0.15) is 40.4 Å². The Morgan fingerprint density at radius 2 is 2.07 bits per heavy atom. The molecule has 1 atom stereocenters. The number of carbonyl (C=O) groups is 1. The Morgan fingerprint density at radius 1 is 1.26 bits per heavy atom. The first kappa shape index (κ1) is 17.3. The number of piperidine rings is 1. The zero-order valence-corrected chi connectivity index (χ0v) is 15.2. The number of aromatic carboxylic acids is 1. The molecule has 0 radical (unpaired) electrons. The van der Waals surface area contributed by atoms with Gasteiger partial charge in [-0.15, -0.1) is 0 Å². The minimum atomic E-state index is -0.942. The van der Waals surface area contributed by atoms with Crippen LogP contribution >= 0.6 is 0 Å². The van der Waals surface area contributed by atoms with Crippen LogP contribution < -0.4 is 4.90 Å². The number of benzene rings is 1. The fraction of sp³-hybridized carbons (Fsp3) is 0.286. The molecule has 2 aromatic heterocycles. The molecule has 0 saturated carbocycles. The molecule has 0 bridgehead atoms. The first-order chi connectivity index (χ1) is 13.1. The van der Waals surface area contributed by atoms with Gasteiger partial charge >= 0.3 is 5.97 Å². The summed E-state index contributed by atoms with van der Waals surface area (Å²) in [6.07, 6.45) is 5.54. The van der Waals surface area contributed by atoms with Crippen LogP contribution in [0.4, 0.5) is 5.82 Å². The Bertz CT molecular complexity index is 949. The lowest BCUT2D eigenvalue weighted by molar-refractivity contribution is 0.0697. The molecule has 138 valence electrons. The van der Waals surface area contributed by atoms with Crippen molar-refractivity contribution in [1.82, 2.24) is 15.2 Å². The standard InChI is InChI=1S/C21H22N4O2/c1-14-6-8-15(9-7-14)18-12-23-24-19(18)16-4-3-11-25(13-16)20-17(21(26)27)5-2-10-22-20/h2,5-10,12,16H,3-4,11,13H2,1H3,(H,23,24)(H,26,27)/t16-/m1/s1. The highest BCUT2D eigenvalue weighted by Gasteiger charge is 2.28. The van der Waals surface area contributed by atoms with Crippen molar-refractivity contribution >= 4 is 11.8 Å². The second kappa shape index (κ2) is 7.23. The average molecular weight is 362 g/mol. The number of hydrogen-bond donors (Lipinski definition) is 2. The number of rotatable bonds is 4. The van der Waals surface area contributed by atoms with Crippen LogP contribution in [0.3, 0.4) is 0 Å². The van der Waals surface area contributed by atoms with Gasteiger partial charge in [-0.2, -0.15) is 5.10 Å². The number of nitrogens with zero attached hydrogens (tertiary/aromatic N) is 3. The minimum Gasteiger partial charge on any atom is -0.478 e. The van der Waals surface area contributed by atoms with E-state index in [1.807, 2.05) is 6.20 Å². The number of aryl methyl sites for hydroxylation is 1. The van der Waals surface area contributed by atoms with E-state index in [4.69, 9.17) is 0 Å². The van der Waals surface area contributed by atoms with Gasteiger partial charge in [0.05, 0.1) is 6.20 Å². The van der Waals surface area contributed by atoms with Crippen molar-refractivity contribution in [1.29, 1.82) is 0 Å². The number of nitrogens with one attached hydrogen (secondary N) is 1. The molecule has 6 nitrogen and oxygen atoms in total. The highest BCUT2D eigenvalue weighted by molar-refractivity contribution is 5.93. The van der Waals surface area contributed by atoms with Crippen molar-refractivity contribution in [3.8, 4) is 11.1 Å². The van der Waals surface area contributed by atoms with Crippen molar-refractivity contribution in [3.63, 3.8) is 0 Å². The lowest BCUT2D eigenvalue weighted by Gasteiger charge is -2.34. The topological polar surface area (TPSA) is 82.1 Å². The van der Waals surface area contributed by atoms with E-state index in [1.165, 1.54) is 5.56 Å². The lowest BCUT2D eigenvalue weighted by atomic mass is 9.90. The summed E-state index contributed by atoms with van der Waals surface area (Å²) in [7, 11) is 0. The number of H-pyrrole nitrogens is 1. The third kappa shape index (κ3) is 3.43. The smallest absolute Gasteiger partial charge is 0.339 e. The largest absolute Gasteiger partial charge is 0.478 e. The predicted molar refractivity (Wildman–Crippen MR) is 104 cm³/mol. The van der Waals surface area contributed by atoms with Crippen molar-refractivity contribution < 1.29 is 9.90 Å². The number of pyridine rings is 1. The number of aromatic amines is 1. The summed E-state index contributed by atoms with van der Waals surface area (Å²) < 4.78 is 0. The number of hydrogen-bond acceptors (Lipinski definition) is 4. The monoisotopic (exact) mass is 362 g/mol. The Morgan fingerprint density at radius 3 is 2.85 bits per heavy atom. The molecule has 4 rings (SSSR count). The van der Waals surface area contributed by atoms with Crippen molar-refractivity contribution in [2.24, 2.45) is 0 Å². The maximum Gasteiger partial charge on any atom is 0.339 e. The first-order valence-corrected chi connectivity index (χ1v) is 9.17. The third-order valence-corrected chi connectivity index (χ3v) is 5.18. The molecule has 3 aromatic rings. The second-order valence-corrected chi connectivity index (χ2v) is 7.03. The summed E-state index contributed by atoms with van der Waals surface area (Å²) in [4.78, 5) is 18.0. The van der Waals surface area contributed by atoms with Gasteiger partial charge in [-0.1, -0.05) is 29.8 Å². The van der Waals surface area contributed by atoms with E-state index in [2.05, 4.69) is 51.3 Å². The van der Waals surface area contributed by atoms with Crippen molar-refractivity contribution in [2.45, 2.75) is 25.7 Å². The van der Waals surface area contributed by atoms with Crippen LogP contribution in [0, 0.1) is 6.92 Å². The van der Waals surface area contributed by atoms with Gasteiger partial charge in [0.1, 0.15) is 11.4 Å². The van der Waals surface area contributed by atoms with Crippen molar-refractivity contribution in [2.75, 3.05) is 18.0 Å². The Hall–Kier alpha value is -3.15. The Kier molecular flexibility index (Phi) is 4.62. The molecule has 1 aliphatic rings. The minimum absolute atomic E-state index is 0.251. The van der Waals surface area contributed by atoms with Crippen LogP contribution in [0.5, 0.6) is 0 Å². The molecule has 6 heteroatoms. The highest BCUT2D eigenvalue weighted by Crippen LogP contribution is 2.34. The van der Waals surface area contributed by atoms with E-state index >= 15 is 0 Å². The summed E-state index contributed by atoms with van der Waals surface area (Å²) >= 11 is 0. The van der Waals surface area contributed by atoms with Gasteiger partial charge in [0, 0.05) is 36.5 Å². The molecule has 1 fully saturated rings. The van der Waals surface area contributed by atoms with Gasteiger partial charge in [0.15, 0.2) is 0 Å². The van der Waals surface area contributed by atoms with Crippen LogP contribution in [-0.2, 0) is 0 Å². The molecule has 1 aliphatic heterocycles. The van der Waals surface area contributed by atoms with Crippen LogP contribution in [0.2, 0.25) is 0 Å². The van der Waals surface area contributed by atoms with E-state index in [9.17, 15) is 9.90 Å². The molecule has 0 unspecified atom stereocenters. The average Bonchev–Trinajstić information content (AvgIpc) is 3.18. The number of carboxylic acids is 1. The van der Waals surface area contributed by atoms with Crippen LogP contribution in [-0.4, -0.2) is 39.3 Å². The van der Waals surface area contributed by atoms with Gasteiger partial charge in [0.2, 0.25) is 0 Å². The highest BCUT2D eigenvalue weighted by atomic mass is 16.4. The fourth-order valence-electron chi connectivity index (χ4n) is 3.79. The molecule has 0 spiro atoms. The van der Waals surface area contributed by atoms with E-state index in [0.717, 1.165) is 42.8 Å². The summed E-state index contributed by atoms with van der Waals surface area (Å²) in [5.41, 5.74) is 4.84. The van der Waals surface area contributed by atoms with Gasteiger partial charge in [-0.3, -0.25) is 5.10 Å². The quantitative estimate of drug-likeness (QED) is 0.736. The Balaban J connectivity index is 1.63. The van der Waals surface area contributed by atoms with E-state index in [0.29, 0.717) is 5.82 Å². The van der Waals surface area contributed by atoms with E-state index < -0.39 is 5.97 Å². The molecule has 1 saturated heterocycles. The van der Waals surface area contributed by atoms with Crippen LogP contribution in [0.15, 0.2) is 48.8 Å². The van der Waals surface area contributed by atoms with E-state index in [1.54, 1.807) is 18.3 Å². The summed E-state index contributed by atoms with van der Waals surface area (Å²) in [6.45, 7) is 3.60. The van der Waals surface area contributed by atoms with Gasteiger partial charge in [0.25, 0.3) is 0 Å². The van der Waals surface area contributed by atoms with Crippen molar-refractivity contribution in [3.05, 3.63) is 65.6 Å². The molecular weight excluding hydrogens is 340 g/mol. The molecule has 27 heavy (non-hydrogen) atoms. The number of carboxylic acid groups (broad SMARTS) is 1. The lowest BCUT2D eigenvalue weighted by Crippen LogP contribution is -2.36. The molecule has 1 aromatic carbocycles. The molecule has 0 aliphatic carbocycles. The zero-order chi connectivity index (χ0) is 18.8. The molecule has 3 heterocycles. The normalized spacial score (nSPS) is 17.1.